The van der Waals surface area contributed by atoms with Gasteiger partial charge in [0.25, 0.3) is 17.4 Å². The van der Waals surface area contributed by atoms with E-state index in [4.69, 9.17) is 0 Å². The number of aryl methyl sites for hydroxylation is 1. The molecule has 0 saturated carbocycles. The molecule has 2 heterocycles. The zero-order chi connectivity index (χ0) is 32.7. The van der Waals surface area contributed by atoms with Gasteiger partial charge in [0, 0.05) is 72.8 Å². The fraction of sp³-hybridized carbons (Fsp3) is 0.375. The van der Waals surface area contributed by atoms with Crippen LogP contribution < -0.4 is 15.8 Å². The number of nitrogens with zero attached hydrogens (tertiary/aromatic N) is 4. The predicted octanol–water partition coefficient (Wildman–Crippen LogP) is 4.50. The molecule has 0 bridgehead atoms. The van der Waals surface area contributed by atoms with Crippen LogP contribution in [0.3, 0.4) is 0 Å². The maximum absolute atomic E-state index is 14.9. The molecule has 0 atom stereocenters. The summed E-state index contributed by atoms with van der Waals surface area (Å²) >= 11 is 0. The quantitative estimate of drug-likeness (QED) is 0.369. The third-order valence-electron chi connectivity index (χ3n) is 7.38. The van der Waals surface area contributed by atoms with Crippen molar-refractivity contribution in [2.24, 2.45) is 7.05 Å². The minimum atomic E-state index is -0.956. The van der Waals surface area contributed by atoms with Crippen LogP contribution in [0.4, 0.5) is 27.3 Å². The summed E-state index contributed by atoms with van der Waals surface area (Å²) in [5.41, 5.74) is 0.913. The largest absolute Gasteiger partial charge is 0.342 e. The zero-order valence-electron chi connectivity index (χ0n) is 26.3. The van der Waals surface area contributed by atoms with Crippen molar-refractivity contribution in [2.45, 2.75) is 34.6 Å². The van der Waals surface area contributed by atoms with Crippen LogP contribution in [0.2, 0.25) is 0 Å². The number of benzene rings is 2. The Morgan fingerprint density at radius 3 is 2.34 bits per heavy atom. The maximum atomic E-state index is 14.9. The SMILES string of the molecule is CC.CCN(C)C(=O)c1c(N(C=O)c2cccc(C(=O)N3CCS(=O)CC3)c2)c(C)c(=O)n(C)c1Nc1ccc(C)cc1F. The van der Waals surface area contributed by atoms with Crippen LogP contribution in [-0.4, -0.2) is 75.0 Å². The molecule has 10 nitrogen and oxygen atoms in total. The smallest absolute Gasteiger partial charge is 0.259 e. The van der Waals surface area contributed by atoms with E-state index in [0.717, 1.165) is 4.90 Å². The van der Waals surface area contributed by atoms with Gasteiger partial charge in [0.05, 0.1) is 11.4 Å². The molecule has 1 saturated heterocycles. The lowest BCUT2D eigenvalue weighted by Crippen LogP contribution is -2.41. The summed E-state index contributed by atoms with van der Waals surface area (Å²) in [5, 5.41) is 2.92. The van der Waals surface area contributed by atoms with Crippen LogP contribution in [0.1, 0.15) is 52.6 Å². The number of carbonyl (C=O) groups is 3. The van der Waals surface area contributed by atoms with E-state index >= 15 is 0 Å². The van der Waals surface area contributed by atoms with Gasteiger partial charge in [-0.3, -0.25) is 32.9 Å². The van der Waals surface area contributed by atoms with E-state index in [1.165, 1.54) is 41.6 Å². The minimum absolute atomic E-state index is 0.00838. The number of hydrogen-bond acceptors (Lipinski definition) is 6. The zero-order valence-corrected chi connectivity index (χ0v) is 27.1. The molecule has 4 rings (SSSR count). The van der Waals surface area contributed by atoms with Crippen molar-refractivity contribution < 1.29 is 23.0 Å². The monoisotopic (exact) mass is 625 g/mol. The summed E-state index contributed by atoms with van der Waals surface area (Å²) in [4.78, 5) is 57.5. The van der Waals surface area contributed by atoms with Crippen molar-refractivity contribution in [3.8, 4) is 0 Å². The van der Waals surface area contributed by atoms with Crippen molar-refractivity contribution in [2.75, 3.05) is 48.4 Å². The summed E-state index contributed by atoms with van der Waals surface area (Å²) in [6.07, 6.45) is 0.481. The average molecular weight is 626 g/mol. The molecule has 0 spiro atoms. The Morgan fingerprint density at radius 1 is 1.09 bits per heavy atom. The van der Waals surface area contributed by atoms with E-state index in [-0.39, 0.29) is 39.9 Å². The van der Waals surface area contributed by atoms with Gasteiger partial charge in [0.2, 0.25) is 6.41 Å². The van der Waals surface area contributed by atoms with Crippen LogP contribution >= 0.6 is 0 Å². The molecular formula is C32H40FN5O5S. The van der Waals surface area contributed by atoms with E-state index in [1.807, 2.05) is 13.8 Å². The first-order chi connectivity index (χ1) is 21.0. The summed E-state index contributed by atoms with van der Waals surface area (Å²) in [6.45, 7) is 10.1. The van der Waals surface area contributed by atoms with Gasteiger partial charge >= 0.3 is 0 Å². The van der Waals surface area contributed by atoms with Gasteiger partial charge in [0.1, 0.15) is 17.2 Å². The summed E-state index contributed by atoms with van der Waals surface area (Å²) in [7, 11) is 2.09. The Kier molecular flexibility index (Phi) is 11.6. The number of rotatable bonds is 8. The predicted molar refractivity (Wildman–Crippen MR) is 173 cm³/mol. The van der Waals surface area contributed by atoms with Crippen molar-refractivity contribution in [1.82, 2.24) is 14.4 Å². The van der Waals surface area contributed by atoms with Crippen molar-refractivity contribution in [1.29, 1.82) is 0 Å². The van der Waals surface area contributed by atoms with Crippen LogP contribution in [0, 0.1) is 19.7 Å². The van der Waals surface area contributed by atoms with Gasteiger partial charge in [-0.2, -0.15) is 0 Å². The minimum Gasteiger partial charge on any atom is -0.342 e. The number of amides is 3. The number of hydrogen-bond donors (Lipinski definition) is 1. The van der Waals surface area contributed by atoms with Gasteiger partial charge in [-0.05, 0) is 56.7 Å². The molecule has 2 aromatic carbocycles. The second-order valence-electron chi connectivity index (χ2n) is 10.2. The van der Waals surface area contributed by atoms with E-state index in [0.29, 0.717) is 48.7 Å². The molecule has 1 aliphatic rings. The summed E-state index contributed by atoms with van der Waals surface area (Å²) < 4.78 is 27.9. The molecule has 0 aliphatic carbocycles. The molecule has 236 valence electrons. The van der Waals surface area contributed by atoms with E-state index < -0.39 is 28.1 Å². The maximum Gasteiger partial charge on any atom is 0.259 e. The van der Waals surface area contributed by atoms with E-state index in [1.54, 1.807) is 50.1 Å². The van der Waals surface area contributed by atoms with Crippen LogP contribution in [0.5, 0.6) is 0 Å². The first-order valence-electron chi connectivity index (χ1n) is 14.5. The Morgan fingerprint density at radius 2 is 1.75 bits per heavy atom. The second kappa shape index (κ2) is 14.9. The fourth-order valence-electron chi connectivity index (χ4n) is 4.81. The molecule has 1 aliphatic heterocycles. The number of aromatic nitrogens is 1. The van der Waals surface area contributed by atoms with Crippen molar-refractivity contribution in [3.63, 3.8) is 0 Å². The number of carbonyl (C=O) groups excluding carboxylic acids is 3. The molecule has 1 fully saturated rings. The molecule has 12 heteroatoms. The Labute approximate surface area is 259 Å². The first kappa shape index (κ1) is 34.2. The highest BCUT2D eigenvalue weighted by molar-refractivity contribution is 7.85. The molecule has 3 amide bonds. The second-order valence-corrected chi connectivity index (χ2v) is 11.9. The number of halogens is 1. The highest BCUT2D eigenvalue weighted by Crippen LogP contribution is 2.36. The fourth-order valence-corrected chi connectivity index (χ4v) is 5.86. The lowest BCUT2D eigenvalue weighted by Gasteiger charge is -2.29. The molecule has 3 aromatic rings. The Balaban J connectivity index is 0.00000259. The third kappa shape index (κ3) is 7.07. The lowest BCUT2D eigenvalue weighted by atomic mass is 10.0. The number of anilines is 4. The normalized spacial score (nSPS) is 13.0. The Hall–Kier alpha value is -4.32. The highest BCUT2D eigenvalue weighted by atomic mass is 32.2. The van der Waals surface area contributed by atoms with Gasteiger partial charge in [0.15, 0.2) is 0 Å². The van der Waals surface area contributed by atoms with Crippen molar-refractivity contribution >= 4 is 51.9 Å². The standard InChI is InChI=1S/C30H34FN5O5S.C2H6/c1-6-33(4)30(40)25-26(20(3)28(38)34(5)27(25)32-24-11-10-19(2)16-23(24)31)36(18-37)22-9-7-8-21(17-22)29(39)35-12-14-42(41)15-13-35;1-2/h7-11,16-18,32H,6,12-15H2,1-5H3;1-2H3. The summed E-state index contributed by atoms with van der Waals surface area (Å²) in [6, 6.07) is 10.9. The molecule has 1 N–H and O–H groups in total. The van der Waals surface area contributed by atoms with Gasteiger partial charge in [-0.15, -0.1) is 0 Å². The van der Waals surface area contributed by atoms with E-state index in [9.17, 15) is 27.8 Å². The average Bonchev–Trinajstić information content (AvgIpc) is 3.03. The molecule has 1 aromatic heterocycles. The van der Waals surface area contributed by atoms with Crippen molar-refractivity contribution in [3.05, 3.63) is 80.9 Å². The Bertz CT molecular complexity index is 1630. The van der Waals surface area contributed by atoms with Gasteiger partial charge in [-0.25, -0.2) is 4.39 Å². The van der Waals surface area contributed by atoms with Crippen LogP contribution in [0.15, 0.2) is 47.3 Å². The van der Waals surface area contributed by atoms with Crippen LogP contribution in [-0.2, 0) is 22.6 Å². The van der Waals surface area contributed by atoms with Crippen LogP contribution in [0.25, 0.3) is 0 Å². The lowest BCUT2D eigenvalue weighted by molar-refractivity contribution is -0.106. The molecule has 0 radical (unpaired) electrons. The molecule has 44 heavy (non-hydrogen) atoms. The first-order valence-corrected chi connectivity index (χ1v) is 16.0. The third-order valence-corrected chi connectivity index (χ3v) is 8.66. The molecule has 0 unspecified atom stereocenters. The topological polar surface area (TPSA) is 112 Å². The molecular weight excluding hydrogens is 585 g/mol. The summed E-state index contributed by atoms with van der Waals surface area (Å²) in [5.74, 6) is -0.556. The van der Waals surface area contributed by atoms with Gasteiger partial charge in [-0.1, -0.05) is 26.0 Å². The number of pyridine rings is 1. The highest BCUT2D eigenvalue weighted by Gasteiger charge is 2.30. The van der Waals surface area contributed by atoms with E-state index in [2.05, 4.69) is 5.32 Å². The number of nitrogens with one attached hydrogen (secondary N) is 1. The van der Waals surface area contributed by atoms with Gasteiger partial charge < -0.3 is 15.1 Å².